The fourth-order valence-corrected chi connectivity index (χ4v) is 0.153. The van der Waals surface area contributed by atoms with Gasteiger partial charge in [0.15, 0.2) is 0 Å². The molecular formula is C9H22N2. The molecule has 0 saturated heterocycles. The molecule has 2 rings (SSSR count). The average molecular weight is 158 g/mol. The molecular weight excluding hydrogens is 136 g/mol. The lowest BCUT2D eigenvalue weighted by molar-refractivity contribution is 0.760. The van der Waals surface area contributed by atoms with Gasteiger partial charge in [-0.05, 0) is 6.92 Å². The monoisotopic (exact) mass is 158 g/mol. The molecule has 1 atom stereocenters. The number of hydrogen-bond donors (Lipinski definition) is 0. The van der Waals surface area contributed by atoms with Crippen LogP contribution in [0.2, 0.25) is 0 Å². The highest BCUT2D eigenvalue weighted by molar-refractivity contribution is 5.76. The number of aliphatic imine (C=N–C) groups is 1. The smallest absolute Gasteiger partial charge is 0.0815 e. The van der Waals surface area contributed by atoms with Gasteiger partial charge in [0.1, 0.15) is 0 Å². The average Bonchev–Trinajstić information content (AvgIpc) is 2.47. The molecule has 0 spiro atoms. The molecule has 0 aromatic heterocycles. The van der Waals surface area contributed by atoms with Crippen molar-refractivity contribution in [3.05, 3.63) is 12.4 Å². The van der Waals surface area contributed by atoms with E-state index in [1.807, 2.05) is 30.6 Å². The van der Waals surface area contributed by atoms with E-state index in [0.717, 1.165) is 0 Å². The lowest BCUT2D eigenvalue weighted by Crippen LogP contribution is -1.74. The van der Waals surface area contributed by atoms with Crippen molar-refractivity contribution in [1.29, 1.82) is 0 Å². The predicted octanol–water partition coefficient (Wildman–Crippen LogP) is 2.77. The van der Waals surface area contributed by atoms with E-state index in [1.165, 1.54) is 0 Å². The zero-order valence-corrected chi connectivity index (χ0v) is 5.20. The third kappa shape index (κ3) is 17.6. The van der Waals surface area contributed by atoms with Crippen molar-refractivity contribution in [1.82, 2.24) is 4.90 Å². The van der Waals surface area contributed by atoms with Crippen molar-refractivity contribution in [3.8, 4) is 0 Å². The van der Waals surface area contributed by atoms with Crippen molar-refractivity contribution in [3.63, 3.8) is 0 Å². The van der Waals surface area contributed by atoms with Crippen LogP contribution in [0.25, 0.3) is 0 Å². The van der Waals surface area contributed by atoms with Gasteiger partial charge in [-0.25, -0.2) is 0 Å². The molecule has 0 radical (unpaired) electrons. The van der Waals surface area contributed by atoms with E-state index < -0.39 is 0 Å². The molecule has 2 heterocycles. The first-order valence-corrected chi connectivity index (χ1v) is 2.72. The summed E-state index contributed by atoms with van der Waals surface area (Å²) < 4.78 is 0. The first-order valence-electron chi connectivity index (χ1n) is 2.72. The molecule has 0 amide bonds. The van der Waals surface area contributed by atoms with Gasteiger partial charge in [-0.3, -0.25) is 4.99 Å². The zero-order valence-electron chi connectivity index (χ0n) is 5.20. The van der Waals surface area contributed by atoms with E-state index in [2.05, 4.69) is 11.9 Å². The standard InChI is InChI=1S/2C3H5N.3CH4/c1-4-2-3-4;1-3-2-4-3;;;/h2*2-3H,1H3;3*1H4. The van der Waals surface area contributed by atoms with Crippen LogP contribution in [-0.4, -0.2) is 24.2 Å². The van der Waals surface area contributed by atoms with Crippen LogP contribution < -0.4 is 0 Å². The van der Waals surface area contributed by atoms with Gasteiger partial charge < -0.3 is 4.90 Å². The van der Waals surface area contributed by atoms with E-state index >= 15 is 0 Å². The minimum absolute atomic E-state index is 0. The maximum atomic E-state index is 3.78. The van der Waals surface area contributed by atoms with Crippen LogP contribution in [-0.2, 0) is 0 Å². The van der Waals surface area contributed by atoms with Crippen LogP contribution in [0.3, 0.4) is 0 Å². The normalized spacial score (nSPS) is 19.5. The van der Waals surface area contributed by atoms with Crippen LogP contribution in [0.1, 0.15) is 29.2 Å². The molecule has 0 aromatic carbocycles. The van der Waals surface area contributed by atoms with Crippen molar-refractivity contribution in [2.75, 3.05) is 7.05 Å². The van der Waals surface area contributed by atoms with Gasteiger partial charge in [0.2, 0.25) is 0 Å². The summed E-state index contributed by atoms with van der Waals surface area (Å²) in [5.74, 6) is 0. The Labute approximate surface area is 71.6 Å². The highest BCUT2D eigenvalue weighted by atomic mass is 15.1. The first-order chi connectivity index (χ1) is 3.79. The molecule has 0 aromatic rings. The van der Waals surface area contributed by atoms with Gasteiger partial charge in [-0.15, -0.1) is 0 Å². The topological polar surface area (TPSA) is 15.4 Å². The summed E-state index contributed by atoms with van der Waals surface area (Å²) in [6.07, 6.45) is 5.92. The summed E-state index contributed by atoms with van der Waals surface area (Å²) >= 11 is 0. The maximum Gasteiger partial charge on any atom is 0.0815 e. The Morgan fingerprint density at radius 3 is 1.36 bits per heavy atom. The van der Waals surface area contributed by atoms with Gasteiger partial charge in [-0.2, -0.15) is 0 Å². The van der Waals surface area contributed by atoms with E-state index in [4.69, 9.17) is 0 Å². The van der Waals surface area contributed by atoms with E-state index in [-0.39, 0.29) is 22.3 Å². The van der Waals surface area contributed by atoms with Crippen LogP contribution in [0.4, 0.5) is 0 Å². The van der Waals surface area contributed by atoms with Crippen molar-refractivity contribution in [2.24, 2.45) is 4.99 Å². The van der Waals surface area contributed by atoms with Gasteiger partial charge in [0.25, 0.3) is 0 Å². The Hall–Kier alpha value is -0.790. The molecule has 2 nitrogen and oxygen atoms in total. The van der Waals surface area contributed by atoms with Gasteiger partial charge in [0, 0.05) is 25.7 Å². The Balaban J connectivity index is -0.0000000914. The van der Waals surface area contributed by atoms with Crippen LogP contribution in [0.15, 0.2) is 17.4 Å². The SMILES string of the molecule is C.C.C.CC1C=N1.CN1C=C1. The summed E-state index contributed by atoms with van der Waals surface area (Å²) in [6, 6.07) is 0.583. The van der Waals surface area contributed by atoms with Gasteiger partial charge >= 0.3 is 0 Å². The first kappa shape index (κ1) is 16.7. The molecule has 1 unspecified atom stereocenters. The fourth-order valence-electron chi connectivity index (χ4n) is 0.153. The molecule has 0 fully saturated rings. The maximum absolute atomic E-state index is 3.78. The van der Waals surface area contributed by atoms with E-state index in [0.29, 0.717) is 6.04 Å². The highest BCUT2D eigenvalue weighted by Gasteiger charge is 1.99. The second kappa shape index (κ2) is 7.32. The molecule has 11 heavy (non-hydrogen) atoms. The van der Waals surface area contributed by atoms with Gasteiger partial charge in [-0.1, -0.05) is 22.3 Å². The summed E-state index contributed by atoms with van der Waals surface area (Å²) in [6.45, 7) is 2.06. The summed E-state index contributed by atoms with van der Waals surface area (Å²) in [4.78, 5) is 5.78. The number of rotatable bonds is 0. The lowest BCUT2D eigenvalue weighted by atomic mass is 10.6. The Morgan fingerprint density at radius 1 is 1.18 bits per heavy atom. The van der Waals surface area contributed by atoms with Crippen LogP contribution in [0, 0.1) is 0 Å². The molecule has 0 bridgehead atoms. The Bertz CT molecular complexity index is 99.5. The van der Waals surface area contributed by atoms with E-state index in [1.54, 1.807) is 0 Å². The third-order valence-electron chi connectivity index (χ3n) is 0.894. The second-order valence-electron chi connectivity index (χ2n) is 2.00. The van der Waals surface area contributed by atoms with Gasteiger partial charge in [0.05, 0.1) is 6.04 Å². The number of nitrogens with zero attached hydrogens (tertiary/aromatic N) is 2. The summed E-state index contributed by atoms with van der Waals surface area (Å²) in [5.41, 5.74) is 0. The molecule has 0 aliphatic carbocycles. The predicted molar refractivity (Wildman–Crippen MR) is 55.1 cm³/mol. The molecule has 2 heteroatoms. The molecule has 68 valence electrons. The quantitative estimate of drug-likeness (QED) is 0.529. The van der Waals surface area contributed by atoms with Crippen molar-refractivity contribution in [2.45, 2.75) is 35.2 Å². The Morgan fingerprint density at radius 2 is 1.36 bits per heavy atom. The van der Waals surface area contributed by atoms with Crippen LogP contribution in [0.5, 0.6) is 0 Å². The lowest BCUT2D eigenvalue weighted by Gasteiger charge is -1.74. The molecule has 2 aliphatic rings. The summed E-state index contributed by atoms with van der Waals surface area (Å²) in [7, 11) is 2.00. The second-order valence-corrected chi connectivity index (χ2v) is 2.00. The summed E-state index contributed by atoms with van der Waals surface area (Å²) in [5, 5.41) is 0. The minimum atomic E-state index is 0. The zero-order chi connectivity index (χ0) is 5.98. The highest BCUT2D eigenvalue weighted by Crippen LogP contribution is 1.96. The molecule has 2 aliphatic heterocycles. The van der Waals surface area contributed by atoms with Crippen LogP contribution >= 0.6 is 0 Å². The number of hydrogen-bond acceptors (Lipinski definition) is 2. The minimum Gasteiger partial charge on any atom is -0.354 e. The molecule has 0 saturated carbocycles. The van der Waals surface area contributed by atoms with E-state index in [9.17, 15) is 0 Å². The Kier molecular flexibility index (Phi) is 11.1. The largest absolute Gasteiger partial charge is 0.354 e. The fraction of sp³-hybridized carbons (Fsp3) is 0.667. The molecule has 0 N–H and O–H groups in total. The third-order valence-corrected chi connectivity index (χ3v) is 0.894. The van der Waals surface area contributed by atoms with Crippen molar-refractivity contribution < 1.29 is 0 Å². The van der Waals surface area contributed by atoms with Crippen molar-refractivity contribution >= 4 is 6.21 Å².